The quantitative estimate of drug-likeness (QED) is 0.194. The number of nitro groups is 1. The van der Waals surface area contributed by atoms with Crippen LogP contribution in [0.2, 0.25) is 0 Å². The molecule has 1 heterocycles. The highest BCUT2D eigenvalue weighted by Crippen LogP contribution is 2.19. The van der Waals surface area contributed by atoms with Gasteiger partial charge in [0, 0.05) is 12.1 Å². The normalized spacial score (nSPS) is 10.5. The van der Waals surface area contributed by atoms with E-state index in [0.717, 1.165) is 19.2 Å². The van der Waals surface area contributed by atoms with Crippen molar-refractivity contribution in [2.75, 3.05) is 14.2 Å². The van der Waals surface area contributed by atoms with E-state index in [1.807, 2.05) is 0 Å². The Kier molecular flexibility index (Phi) is 5.72. The minimum atomic E-state index is -0.955. The molecule has 0 N–H and O–H groups in total. The van der Waals surface area contributed by atoms with Crippen molar-refractivity contribution in [2.24, 2.45) is 0 Å². The zero-order valence-corrected chi connectivity index (χ0v) is 15.9. The minimum Gasteiger partial charge on any atom is -0.618 e. The minimum absolute atomic E-state index is 0.0562. The lowest BCUT2D eigenvalue weighted by Crippen LogP contribution is -2.38. The molecule has 0 unspecified atom stereocenters. The smallest absolute Gasteiger partial charge is 0.406 e. The predicted octanol–water partition coefficient (Wildman–Crippen LogP) is 1.93. The molecule has 2 aromatic carbocycles. The molecule has 0 aliphatic heterocycles. The number of carbonyl (C=O) groups is 2. The van der Waals surface area contributed by atoms with Crippen molar-refractivity contribution in [1.29, 1.82) is 0 Å². The zero-order chi connectivity index (χ0) is 21.8. The molecular formula is C19H15N3O8. The van der Waals surface area contributed by atoms with Crippen LogP contribution in [0.3, 0.4) is 0 Å². The molecule has 3 aromatic rings. The number of hydrogen-bond acceptors (Lipinski definition) is 9. The molecular weight excluding hydrogens is 398 g/mol. The molecule has 0 bridgehead atoms. The van der Waals surface area contributed by atoms with Gasteiger partial charge >= 0.3 is 17.6 Å². The number of benzene rings is 2. The zero-order valence-electron chi connectivity index (χ0n) is 15.9. The van der Waals surface area contributed by atoms with E-state index in [4.69, 9.17) is 9.47 Å². The Hall–Kier alpha value is -4.28. The van der Waals surface area contributed by atoms with Gasteiger partial charge in [0.25, 0.3) is 5.69 Å². The van der Waals surface area contributed by atoms with Gasteiger partial charge in [-0.2, -0.15) is 4.73 Å². The Labute approximate surface area is 169 Å². The summed E-state index contributed by atoms with van der Waals surface area (Å²) in [6, 6.07) is 9.29. The molecule has 154 valence electrons. The van der Waals surface area contributed by atoms with Gasteiger partial charge in [-0.05, 0) is 24.3 Å². The number of carbonyl (C=O) groups excluding carboxylic acids is 2. The van der Waals surface area contributed by atoms with Gasteiger partial charge < -0.3 is 19.4 Å². The van der Waals surface area contributed by atoms with Crippen molar-refractivity contribution in [3.8, 4) is 5.75 Å². The second-order valence-electron chi connectivity index (χ2n) is 5.93. The summed E-state index contributed by atoms with van der Waals surface area (Å²) < 4.78 is 15.2. The van der Waals surface area contributed by atoms with Crippen molar-refractivity contribution in [1.82, 2.24) is 4.98 Å². The lowest BCUT2D eigenvalue weighted by atomic mass is 10.2. The number of aromatic nitrogens is 2. The van der Waals surface area contributed by atoms with Crippen LogP contribution in [0.15, 0.2) is 42.5 Å². The first-order chi connectivity index (χ1) is 14.3. The topological polar surface area (TPSA) is 145 Å². The summed E-state index contributed by atoms with van der Waals surface area (Å²) in [7, 11) is 2.53. The maximum atomic E-state index is 12.7. The van der Waals surface area contributed by atoms with E-state index >= 15 is 0 Å². The fourth-order valence-electron chi connectivity index (χ4n) is 2.66. The largest absolute Gasteiger partial charge is 0.618 e. The van der Waals surface area contributed by atoms with E-state index < -0.39 is 29.2 Å². The maximum Gasteiger partial charge on any atom is 0.406 e. The molecule has 0 aliphatic rings. The third kappa shape index (κ3) is 3.94. The average Bonchev–Trinajstić information content (AvgIpc) is 2.76. The first kappa shape index (κ1) is 20.5. The number of nitro benzene ring substituents is 1. The maximum absolute atomic E-state index is 12.7. The Morgan fingerprint density at radius 1 is 1.10 bits per heavy atom. The Bertz CT molecular complexity index is 1140. The van der Waals surface area contributed by atoms with Gasteiger partial charge in [-0.15, -0.1) is 0 Å². The van der Waals surface area contributed by atoms with Gasteiger partial charge in [0.1, 0.15) is 17.9 Å². The number of non-ortho nitro benzene ring substituents is 1. The van der Waals surface area contributed by atoms with Crippen molar-refractivity contribution in [2.45, 2.75) is 6.61 Å². The summed E-state index contributed by atoms with van der Waals surface area (Å²) in [6.07, 6.45) is 0. The summed E-state index contributed by atoms with van der Waals surface area (Å²) in [5.74, 6) is -1.37. The standard InChI is InChI=1S/C19H15N3O8/c1-28-13-7-8-14-16(9-13)21(25)17(19(24)29-2)15(20-14)10-30-18(23)11-3-5-12(6-4-11)22(26)27/h3-9H,10H2,1-2H3. The van der Waals surface area contributed by atoms with Gasteiger partial charge in [-0.1, -0.05) is 0 Å². The van der Waals surface area contributed by atoms with E-state index in [-0.39, 0.29) is 28.0 Å². The van der Waals surface area contributed by atoms with Crippen LogP contribution in [0.5, 0.6) is 5.75 Å². The van der Waals surface area contributed by atoms with Crippen LogP contribution in [0.1, 0.15) is 26.5 Å². The van der Waals surface area contributed by atoms with Gasteiger partial charge in [-0.3, -0.25) is 10.1 Å². The summed E-state index contributed by atoms with van der Waals surface area (Å²) in [5.41, 5.74) is -0.348. The van der Waals surface area contributed by atoms with E-state index in [1.54, 1.807) is 6.07 Å². The highest BCUT2D eigenvalue weighted by atomic mass is 16.6. The Morgan fingerprint density at radius 3 is 2.40 bits per heavy atom. The van der Waals surface area contributed by atoms with E-state index in [9.17, 15) is 24.9 Å². The van der Waals surface area contributed by atoms with Crippen molar-refractivity contribution < 1.29 is 33.5 Å². The molecule has 0 saturated heterocycles. The Balaban J connectivity index is 1.93. The molecule has 30 heavy (non-hydrogen) atoms. The number of fused-ring (bicyclic) bond motifs is 1. The number of ether oxygens (including phenoxy) is 3. The number of methoxy groups -OCH3 is 2. The average molecular weight is 413 g/mol. The molecule has 3 rings (SSSR count). The monoisotopic (exact) mass is 413 g/mol. The van der Waals surface area contributed by atoms with Crippen molar-refractivity contribution >= 4 is 28.7 Å². The summed E-state index contributed by atoms with van der Waals surface area (Å²) in [4.78, 5) is 38.7. The summed E-state index contributed by atoms with van der Waals surface area (Å²) in [5, 5.41) is 23.4. The third-order valence-electron chi connectivity index (χ3n) is 4.17. The van der Waals surface area contributed by atoms with Crippen LogP contribution in [0.4, 0.5) is 5.69 Å². The summed E-state index contributed by atoms with van der Waals surface area (Å²) >= 11 is 0. The molecule has 0 amide bonds. The van der Waals surface area contributed by atoms with Crippen LogP contribution in [0, 0.1) is 15.3 Å². The Morgan fingerprint density at radius 2 is 1.80 bits per heavy atom. The molecule has 0 spiro atoms. The first-order valence-electron chi connectivity index (χ1n) is 8.45. The van der Waals surface area contributed by atoms with E-state index in [1.165, 1.54) is 31.4 Å². The van der Waals surface area contributed by atoms with Gasteiger partial charge in [0.15, 0.2) is 5.69 Å². The van der Waals surface area contributed by atoms with Gasteiger partial charge in [0.2, 0.25) is 5.52 Å². The first-order valence-corrected chi connectivity index (χ1v) is 8.45. The molecule has 11 nitrogen and oxygen atoms in total. The molecule has 0 saturated carbocycles. The lowest BCUT2D eigenvalue weighted by Gasteiger charge is -2.11. The third-order valence-corrected chi connectivity index (χ3v) is 4.17. The predicted molar refractivity (Wildman–Crippen MR) is 101 cm³/mol. The van der Waals surface area contributed by atoms with Crippen molar-refractivity contribution in [3.63, 3.8) is 0 Å². The van der Waals surface area contributed by atoms with Gasteiger partial charge in [-0.25, -0.2) is 14.6 Å². The van der Waals surface area contributed by atoms with Crippen LogP contribution in [0.25, 0.3) is 11.0 Å². The number of esters is 2. The highest BCUT2D eigenvalue weighted by Gasteiger charge is 2.28. The second-order valence-corrected chi connectivity index (χ2v) is 5.93. The van der Waals surface area contributed by atoms with E-state index in [2.05, 4.69) is 9.72 Å². The fraction of sp³-hybridized carbons (Fsp3) is 0.158. The number of hydrogen-bond donors (Lipinski definition) is 0. The lowest BCUT2D eigenvalue weighted by molar-refractivity contribution is -0.581. The summed E-state index contributed by atoms with van der Waals surface area (Å²) in [6.45, 7) is -0.496. The molecule has 0 atom stereocenters. The molecule has 0 radical (unpaired) electrons. The SMILES string of the molecule is COC(=O)c1c(COC(=O)c2ccc([N+](=O)[O-])cc2)nc2ccc(OC)cc2[n+]1[O-]. The molecule has 0 aliphatic carbocycles. The molecule has 11 heteroatoms. The second kappa shape index (κ2) is 8.39. The van der Waals surface area contributed by atoms with Crippen LogP contribution < -0.4 is 9.47 Å². The molecule has 1 aromatic heterocycles. The van der Waals surface area contributed by atoms with Crippen LogP contribution >= 0.6 is 0 Å². The number of rotatable bonds is 6. The number of nitrogens with zero attached hydrogens (tertiary/aromatic N) is 3. The highest BCUT2D eigenvalue weighted by molar-refractivity contribution is 5.90. The van der Waals surface area contributed by atoms with E-state index in [0.29, 0.717) is 10.5 Å². The van der Waals surface area contributed by atoms with Crippen molar-refractivity contribution in [3.05, 3.63) is 74.7 Å². The van der Waals surface area contributed by atoms with Gasteiger partial charge in [0.05, 0.1) is 30.8 Å². The van der Waals surface area contributed by atoms with Crippen LogP contribution in [-0.2, 0) is 16.1 Å². The van der Waals surface area contributed by atoms with Crippen LogP contribution in [-0.4, -0.2) is 36.1 Å². The fourth-order valence-corrected chi connectivity index (χ4v) is 2.66. The molecule has 0 fully saturated rings.